The van der Waals surface area contributed by atoms with E-state index in [9.17, 15) is 14.7 Å². The minimum absolute atomic E-state index is 0. The van der Waals surface area contributed by atoms with Crippen LogP contribution in [0.15, 0.2) is 24.3 Å². The van der Waals surface area contributed by atoms with E-state index in [4.69, 9.17) is 16.3 Å². The van der Waals surface area contributed by atoms with Crippen molar-refractivity contribution < 1.29 is 19.4 Å². The van der Waals surface area contributed by atoms with Gasteiger partial charge >= 0.3 is 5.97 Å². The molecule has 4 fully saturated rings. The van der Waals surface area contributed by atoms with Crippen molar-refractivity contribution >= 4 is 35.2 Å². The van der Waals surface area contributed by atoms with Crippen LogP contribution in [-0.4, -0.2) is 23.4 Å². The first-order valence-electron chi connectivity index (χ1n) is 8.49. The number of hydrogen-bond donors (Lipinski definition) is 1. The van der Waals surface area contributed by atoms with Crippen molar-refractivity contribution in [1.82, 2.24) is 0 Å². The fourth-order valence-electron chi connectivity index (χ4n) is 5.09. The van der Waals surface area contributed by atoms with Gasteiger partial charge in [0.1, 0.15) is 5.75 Å². The van der Waals surface area contributed by atoms with E-state index >= 15 is 0 Å². The Morgan fingerprint density at radius 1 is 1.04 bits per heavy atom. The van der Waals surface area contributed by atoms with Gasteiger partial charge in [-0.2, -0.15) is 0 Å². The van der Waals surface area contributed by atoms with Gasteiger partial charge in [-0.25, -0.2) is 0 Å². The van der Waals surface area contributed by atoms with Gasteiger partial charge in [0.25, 0.3) is 5.24 Å². The summed E-state index contributed by atoms with van der Waals surface area (Å²) in [6.45, 7) is 0. The molecule has 4 saturated carbocycles. The average Bonchev–Trinajstić information content (AvgIpc) is 2.54. The second-order valence-electron chi connectivity index (χ2n) is 7.51. The summed E-state index contributed by atoms with van der Waals surface area (Å²) in [5.74, 6) is 2.46. The molecule has 0 aromatic heterocycles. The standard InChI is InChI=1S/C11H16O2.C8H7ClO2.ClH/c12-10(13)11-4-7-1-8(5-11)3-9(2-7)6-11;1-11-7-4-2-6(3-5-7)8(9)10;/h7-9H,1-6H2,(H,12,13);2-5H,1H3;1H. The maximum atomic E-state index is 11.3. The summed E-state index contributed by atoms with van der Waals surface area (Å²) in [6, 6.07) is 6.62. The summed E-state index contributed by atoms with van der Waals surface area (Å²) in [5, 5.41) is 8.83. The molecule has 4 bridgehead atoms. The fraction of sp³-hybridized carbons (Fsp3) is 0.579. The van der Waals surface area contributed by atoms with Crippen molar-refractivity contribution in [3.63, 3.8) is 0 Å². The summed E-state index contributed by atoms with van der Waals surface area (Å²) in [6.07, 6.45) is 6.92. The monoisotopic (exact) mass is 386 g/mol. The Morgan fingerprint density at radius 3 is 1.80 bits per heavy atom. The number of halogens is 2. The van der Waals surface area contributed by atoms with Crippen LogP contribution in [0.1, 0.15) is 48.9 Å². The number of ether oxygens (including phenoxy) is 1. The number of carboxylic acid groups (broad SMARTS) is 1. The molecule has 138 valence electrons. The third-order valence-corrected chi connectivity index (χ3v) is 6.03. The van der Waals surface area contributed by atoms with E-state index in [0.29, 0.717) is 11.3 Å². The van der Waals surface area contributed by atoms with Crippen LogP contribution in [0.2, 0.25) is 0 Å². The van der Waals surface area contributed by atoms with Crippen LogP contribution in [-0.2, 0) is 4.79 Å². The quantitative estimate of drug-likeness (QED) is 0.758. The van der Waals surface area contributed by atoms with E-state index in [-0.39, 0.29) is 17.8 Å². The van der Waals surface area contributed by atoms with Crippen LogP contribution < -0.4 is 4.74 Å². The predicted octanol–water partition coefficient (Wildman–Crippen LogP) is 4.78. The molecule has 0 heterocycles. The van der Waals surface area contributed by atoms with Crippen molar-refractivity contribution in [3.05, 3.63) is 29.8 Å². The van der Waals surface area contributed by atoms with Crippen LogP contribution >= 0.6 is 24.0 Å². The smallest absolute Gasteiger partial charge is 0.309 e. The third-order valence-electron chi connectivity index (χ3n) is 5.81. The molecule has 0 aliphatic heterocycles. The summed E-state index contributed by atoms with van der Waals surface area (Å²) in [7, 11) is 1.57. The van der Waals surface area contributed by atoms with Gasteiger partial charge in [-0.1, -0.05) is 0 Å². The zero-order chi connectivity index (χ0) is 17.3. The van der Waals surface area contributed by atoms with Gasteiger partial charge in [0.15, 0.2) is 0 Å². The van der Waals surface area contributed by atoms with E-state index < -0.39 is 11.2 Å². The number of hydrogen-bond acceptors (Lipinski definition) is 3. The molecule has 0 saturated heterocycles. The van der Waals surface area contributed by atoms with E-state index in [1.807, 2.05) is 0 Å². The van der Waals surface area contributed by atoms with Gasteiger partial charge < -0.3 is 9.84 Å². The zero-order valence-electron chi connectivity index (χ0n) is 14.2. The minimum atomic E-state index is -0.508. The van der Waals surface area contributed by atoms with Crippen molar-refractivity contribution in [3.8, 4) is 5.75 Å². The summed E-state index contributed by atoms with van der Waals surface area (Å²) < 4.78 is 4.89. The molecule has 1 aromatic carbocycles. The average molecular weight is 387 g/mol. The molecule has 0 spiro atoms. The first-order chi connectivity index (χ1) is 11.4. The highest BCUT2D eigenvalue weighted by Crippen LogP contribution is 2.59. The molecule has 1 aromatic rings. The lowest BCUT2D eigenvalue weighted by Gasteiger charge is -2.54. The SMILES string of the molecule is COc1ccc(C(=O)Cl)cc1.Cl.O=C(O)C12CC3CC(CC(C3)C1)C2. The van der Waals surface area contributed by atoms with Gasteiger partial charge in [0, 0.05) is 5.56 Å². The van der Waals surface area contributed by atoms with Crippen molar-refractivity contribution in [2.75, 3.05) is 7.11 Å². The lowest BCUT2D eigenvalue weighted by Crippen LogP contribution is -2.49. The lowest BCUT2D eigenvalue weighted by atomic mass is 9.49. The molecular weight excluding hydrogens is 363 g/mol. The number of methoxy groups -OCH3 is 1. The Balaban J connectivity index is 0.000000176. The van der Waals surface area contributed by atoms with Crippen molar-refractivity contribution in [2.45, 2.75) is 38.5 Å². The minimum Gasteiger partial charge on any atom is -0.497 e. The normalized spacial score (nSPS) is 31.4. The Morgan fingerprint density at radius 2 is 1.48 bits per heavy atom. The topological polar surface area (TPSA) is 63.6 Å². The van der Waals surface area contributed by atoms with E-state index in [0.717, 1.165) is 37.0 Å². The first-order valence-corrected chi connectivity index (χ1v) is 8.87. The Bertz CT molecular complexity index is 592. The Labute approximate surface area is 159 Å². The zero-order valence-corrected chi connectivity index (χ0v) is 15.8. The highest BCUT2D eigenvalue weighted by molar-refractivity contribution is 6.67. The largest absolute Gasteiger partial charge is 0.497 e. The van der Waals surface area contributed by atoms with Crippen LogP contribution in [0.3, 0.4) is 0 Å². The van der Waals surface area contributed by atoms with Crippen molar-refractivity contribution in [2.24, 2.45) is 23.2 Å². The van der Waals surface area contributed by atoms with Gasteiger partial charge in [-0.3, -0.25) is 9.59 Å². The number of benzene rings is 1. The van der Waals surface area contributed by atoms with E-state index in [1.54, 1.807) is 31.4 Å². The Kier molecular flexibility index (Phi) is 6.39. The lowest BCUT2D eigenvalue weighted by molar-refractivity contribution is -0.164. The second-order valence-corrected chi connectivity index (χ2v) is 7.85. The summed E-state index contributed by atoms with van der Waals surface area (Å²) in [5.41, 5.74) is 0.196. The summed E-state index contributed by atoms with van der Waals surface area (Å²) >= 11 is 5.22. The molecule has 25 heavy (non-hydrogen) atoms. The number of carbonyl (C=O) groups excluding carboxylic acids is 1. The molecule has 4 aliphatic rings. The third kappa shape index (κ3) is 4.29. The van der Waals surface area contributed by atoms with Crippen LogP contribution in [0.4, 0.5) is 0 Å². The fourth-order valence-corrected chi connectivity index (χ4v) is 5.22. The first kappa shape index (κ1) is 20.1. The number of carbonyl (C=O) groups is 2. The maximum absolute atomic E-state index is 11.3. The van der Waals surface area contributed by atoms with Crippen molar-refractivity contribution in [1.29, 1.82) is 0 Å². The highest BCUT2D eigenvalue weighted by atomic mass is 35.5. The van der Waals surface area contributed by atoms with E-state index in [1.165, 1.54) is 19.3 Å². The molecule has 0 unspecified atom stereocenters. The van der Waals surface area contributed by atoms with Gasteiger partial charge in [0.2, 0.25) is 0 Å². The molecule has 4 nitrogen and oxygen atoms in total. The van der Waals surface area contributed by atoms with E-state index in [2.05, 4.69) is 0 Å². The molecule has 1 N–H and O–H groups in total. The number of rotatable bonds is 3. The second kappa shape index (κ2) is 7.96. The van der Waals surface area contributed by atoms with Crippen LogP contribution in [0, 0.1) is 23.2 Å². The summed E-state index contributed by atoms with van der Waals surface area (Å²) in [4.78, 5) is 21.8. The molecule has 5 rings (SSSR count). The number of aliphatic carboxylic acids is 1. The number of carboxylic acids is 1. The molecular formula is C19H24Cl2O4. The van der Waals surface area contributed by atoms with Crippen LogP contribution in [0.5, 0.6) is 5.75 Å². The highest BCUT2D eigenvalue weighted by Gasteiger charge is 2.54. The van der Waals surface area contributed by atoms with Gasteiger partial charge in [0.05, 0.1) is 12.5 Å². The van der Waals surface area contributed by atoms with Gasteiger partial charge in [-0.05, 0) is 92.1 Å². The Hall–Kier alpha value is -1.26. The van der Waals surface area contributed by atoms with Crippen LogP contribution in [0.25, 0.3) is 0 Å². The molecule has 0 radical (unpaired) electrons. The maximum Gasteiger partial charge on any atom is 0.309 e. The van der Waals surface area contributed by atoms with Gasteiger partial charge in [-0.15, -0.1) is 12.4 Å². The molecule has 4 aliphatic carbocycles. The molecule has 6 heteroatoms. The molecule has 0 amide bonds. The molecule has 0 atom stereocenters. The predicted molar refractivity (Wildman–Crippen MR) is 98.7 cm³/mol.